The summed E-state index contributed by atoms with van der Waals surface area (Å²) < 4.78 is 0. The Bertz CT molecular complexity index is 735. The van der Waals surface area contributed by atoms with E-state index in [1.54, 1.807) is 12.1 Å². The van der Waals surface area contributed by atoms with Gasteiger partial charge < -0.3 is 5.11 Å². The molecule has 1 atom stereocenters. The van der Waals surface area contributed by atoms with Crippen LogP contribution in [0.1, 0.15) is 75.5 Å². The minimum atomic E-state index is -0.559. The summed E-state index contributed by atoms with van der Waals surface area (Å²) in [4.78, 5) is 0. The van der Waals surface area contributed by atoms with Gasteiger partial charge in [-0.1, -0.05) is 71.9 Å². The van der Waals surface area contributed by atoms with Gasteiger partial charge in [0.25, 0.3) is 0 Å². The largest absolute Gasteiger partial charge is 0.388 e. The molecule has 0 spiro atoms. The van der Waals surface area contributed by atoms with Crippen molar-refractivity contribution in [1.82, 2.24) is 0 Å². The third kappa shape index (κ3) is 4.94. The second-order valence-corrected chi connectivity index (χ2v) is 8.87. The van der Waals surface area contributed by atoms with Crippen LogP contribution in [0.5, 0.6) is 0 Å². The highest BCUT2D eigenvalue weighted by Gasteiger charge is 2.22. The van der Waals surface area contributed by atoms with E-state index in [0.29, 0.717) is 12.0 Å². The van der Waals surface area contributed by atoms with Gasteiger partial charge in [-0.3, -0.25) is 0 Å². The molecule has 1 N–H and O–H groups in total. The van der Waals surface area contributed by atoms with Crippen LogP contribution in [0.4, 0.5) is 0 Å². The molecule has 0 aromatic heterocycles. The Labute approximate surface area is 152 Å². The molecule has 2 aromatic rings. The first-order chi connectivity index (χ1) is 11.5. The van der Waals surface area contributed by atoms with Crippen molar-refractivity contribution in [1.29, 1.82) is 5.26 Å². The SMILES string of the molecule is CC(C)(C)c1cc([C@@H](O)Cc2ccc(C#N)cc2)cc(C(C)(C)C)c1. The first-order valence-electron chi connectivity index (χ1n) is 8.84. The summed E-state index contributed by atoms with van der Waals surface area (Å²) in [6, 6.07) is 16.1. The van der Waals surface area contributed by atoms with Gasteiger partial charge in [0.05, 0.1) is 17.7 Å². The fraction of sp³-hybridized carbons (Fsp3) is 0.435. The first kappa shape index (κ1) is 19.2. The van der Waals surface area contributed by atoms with Crippen LogP contribution in [0.3, 0.4) is 0 Å². The van der Waals surface area contributed by atoms with Crippen LogP contribution in [0.15, 0.2) is 42.5 Å². The minimum absolute atomic E-state index is 0.0319. The van der Waals surface area contributed by atoms with Gasteiger partial charge in [-0.15, -0.1) is 0 Å². The lowest BCUT2D eigenvalue weighted by atomic mass is 9.79. The fourth-order valence-electron chi connectivity index (χ4n) is 2.77. The van der Waals surface area contributed by atoms with E-state index in [-0.39, 0.29) is 10.8 Å². The molecule has 0 saturated carbocycles. The van der Waals surface area contributed by atoms with Gasteiger partial charge in [0.15, 0.2) is 0 Å². The molecule has 0 radical (unpaired) electrons. The molecule has 2 aromatic carbocycles. The minimum Gasteiger partial charge on any atom is -0.388 e. The highest BCUT2D eigenvalue weighted by molar-refractivity contribution is 5.39. The van der Waals surface area contributed by atoms with Crippen LogP contribution in [-0.4, -0.2) is 5.11 Å². The second kappa shape index (κ2) is 7.02. The molecule has 0 bridgehead atoms. The van der Waals surface area contributed by atoms with Gasteiger partial charge in [-0.05, 0) is 45.2 Å². The maximum Gasteiger partial charge on any atom is 0.0991 e. The Balaban J connectivity index is 2.37. The van der Waals surface area contributed by atoms with Crippen molar-refractivity contribution < 1.29 is 5.11 Å². The molecule has 132 valence electrons. The monoisotopic (exact) mass is 335 g/mol. The van der Waals surface area contributed by atoms with Gasteiger partial charge in [0.2, 0.25) is 0 Å². The molecule has 0 saturated heterocycles. The van der Waals surface area contributed by atoms with E-state index < -0.39 is 6.10 Å². The van der Waals surface area contributed by atoms with Gasteiger partial charge in [-0.25, -0.2) is 0 Å². The van der Waals surface area contributed by atoms with E-state index in [0.717, 1.165) is 11.1 Å². The molecule has 0 amide bonds. The number of nitriles is 1. The second-order valence-electron chi connectivity index (χ2n) is 8.87. The number of benzene rings is 2. The van der Waals surface area contributed by atoms with Gasteiger partial charge in [0, 0.05) is 6.42 Å². The average Bonchev–Trinajstić information content (AvgIpc) is 2.53. The predicted molar refractivity (Wildman–Crippen MR) is 104 cm³/mol. The Morgan fingerprint density at radius 1 is 0.880 bits per heavy atom. The smallest absolute Gasteiger partial charge is 0.0991 e. The highest BCUT2D eigenvalue weighted by Crippen LogP contribution is 2.32. The maximum atomic E-state index is 10.8. The third-order valence-electron chi connectivity index (χ3n) is 4.58. The molecule has 2 heteroatoms. The number of hydrogen-bond acceptors (Lipinski definition) is 2. The van der Waals surface area contributed by atoms with E-state index in [4.69, 9.17) is 5.26 Å². The molecular weight excluding hydrogens is 306 g/mol. The van der Waals surface area contributed by atoms with E-state index >= 15 is 0 Å². The quantitative estimate of drug-likeness (QED) is 0.813. The summed E-state index contributed by atoms with van der Waals surface area (Å²) in [5.74, 6) is 0. The topological polar surface area (TPSA) is 44.0 Å². The van der Waals surface area contributed by atoms with E-state index in [2.05, 4.69) is 65.8 Å². The van der Waals surface area contributed by atoms with Gasteiger partial charge in [-0.2, -0.15) is 5.26 Å². The fourth-order valence-corrected chi connectivity index (χ4v) is 2.77. The van der Waals surface area contributed by atoms with E-state index in [1.807, 2.05) is 12.1 Å². The van der Waals surface area contributed by atoms with Crippen LogP contribution < -0.4 is 0 Å². The van der Waals surface area contributed by atoms with Crippen LogP contribution in [0, 0.1) is 11.3 Å². The average molecular weight is 335 g/mol. The lowest BCUT2D eigenvalue weighted by Crippen LogP contribution is -2.18. The molecule has 0 aliphatic heterocycles. The van der Waals surface area contributed by atoms with Crippen LogP contribution >= 0.6 is 0 Å². The number of aliphatic hydroxyl groups is 1. The molecule has 0 unspecified atom stereocenters. The van der Waals surface area contributed by atoms with Crippen molar-refractivity contribution in [2.45, 2.75) is 64.9 Å². The summed E-state index contributed by atoms with van der Waals surface area (Å²) in [5, 5.41) is 19.7. The number of nitrogens with zero attached hydrogens (tertiary/aromatic N) is 1. The van der Waals surface area contributed by atoms with Crippen molar-refractivity contribution in [2.24, 2.45) is 0 Å². The molecule has 2 nitrogen and oxygen atoms in total. The van der Waals surface area contributed by atoms with Gasteiger partial charge in [0.1, 0.15) is 0 Å². The number of aliphatic hydroxyl groups excluding tert-OH is 1. The zero-order chi connectivity index (χ0) is 18.8. The van der Waals surface area contributed by atoms with Crippen LogP contribution in [0.2, 0.25) is 0 Å². The number of rotatable bonds is 3. The van der Waals surface area contributed by atoms with Crippen molar-refractivity contribution >= 4 is 0 Å². The molecule has 2 rings (SSSR count). The summed E-state index contributed by atoms with van der Waals surface area (Å²) in [7, 11) is 0. The molecule has 0 aliphatic rings. The molecule has 25 heavy (non-hydrogen) atoms. The third-order valence-corrected chi connectivity index (χ3v) is 4.58. The van der Waals surface area contributed by atoms with E-state index in [9.17, 15) is 5.11 Å². The predicted octanol–water partition coefficient (Wildman–Crippen LogP) is 5.43. The summed E-state index contributed by atoms with van der Waals surface area (Å²) >= 11 is 0. The molecule has 0 aliphatic carbocycles. The zero-order valence-corrected chi connectivity index (χ0v) is 16.2. The van der Waals surface area contributed by atoms with Crippen molar-refractivity contribution in [3.63, 3.8) is 0 Å². The van der Waals surface area contributed by atoms with E-state index in [1.165, 1.54) is 11.1 Å². The Kier molecular flexibility index (Phi) is 5.40. The Hall–Kier alpha value is -2.11. The van der Waals surface area contributed by atoms with Crippen molar-refractivity contribution in [3.8, 4) is 6.07 Å². The highest BCUT2D eigenvalue weighted by atomic mass is 16.3. The van der Waals surface area contributed by atoms with Crippen molar-refractivity contribution in [3.05, 3.63) is 70.3 Å². The van der Waals surface area contributed by atoms with Crippen molar-refractivity contribution in [2.75, 3.05) is 0 Å². The molecular formula is C23H29NO. The zero-order valence-electron chi connectivity index (χ0n) is 16.2. The molecule has 0 fully saturated rings. The number of hydrogen-bond donors (Lipinski definition) is 1. The van der Waals surface area contributed by atoms with Crippen LogP contribution in [0.25, 0.3) is 0 Å². The van der Waals surface area contributed by atoms with Crippen LogP contribution in [-0.2, 0) is 17.3 Å². The Morgan fingerprint density at radius 2 is 1.36 bits per heavy atom. The Morgan fingerprint density at radius 3 is 1.76 bits per heavy atom. The summed E-state index contributed by atoms with van der Waals surface area (Å²) in [6.07, 6.45) is -0.0144. The maximum absolute atomic E-state index is 10.8. The lowest BCUT2D eigenvalue weighted by Gasteiger charge is -2.27. The normalized spacial score (nSPS) is 13.4. The summed E-state index contributed by atoms with van der Waals surface area (Å²) in [5.41, 5.74) is 5.19. The first-order valence-corrected chi connectivity index (χ1v) is 8.84. The lowest BCUT2D eigenvalue weighted by molar-refractivity contribution is 0.178. The summed E-state index contributed by atoms with van der Waals surface area (Å²) in [6.45, 7) is 13.2. The van der Waals surface area contributed by atoms with Gasteiger partial charge >= 0.3 is 0 Å². The molecule has 0 heterocycles. The standard InChI is InChI=1S/C23H29NO/c1-22(2,3)19-12-18(13-20(14-19)23(4,5)6)21(25)11-16-7-9-17(15-24)10-8-16/h7-10,12-14,21,25H,11H2,1-6H3/t21-/m0/s1.